The second kappa shape index (κ2) is 8.66. The quantitative estimate of drug-likeness (QED) is 0.654. The lowest BCUT2D eigenvalue weighted by atomic mass is 9.79. The third-order valence-corrected chi connectivity index (χ3v) is 4.54. The van der Waals surface area contributed by atoms with Crippen LogP contribution < -0.4 is 5.46 Å². The molecule has 0 atom stereocenters. The maximum Gasteiger partial charge on any atom is 0.488 e. The smallest absolute Gasteiger partial charge is 0.423 e. The fraction of sp³-hybridized carbons (Fsp3) is 0.182. The molecule has 0 bridgehead atoms. The summed E-state index contributed by atoms with van der Waals surface area (Å²) in [5.41, 5.74) is 4.46. The summed E-state index contributed by atoms with van der Waals surface area (Å²) in [4.78, 5) is 0. The number of hydrogen-bond donors (Lipinski definition) is 2. The average molecular weight is 330 g/mol. The molecule has 0 unspecified atom stereocenters. The molecule has 0 heterocycles. The van der Waals surface area contributed by atoms with Crippen LogP contribution in [0.3, 0.4) is 0 Å². The van der Waals surface area contributed by atoms with Gasteiger partial charge in [-0.2, -0.15) is 0 Å². The van der Waals surface area contributed by atoms with Gasteiger partial charge in [0, 0.05) is 0 Å². The minimum Gasteiger partial charge on any atom is -0.423 e. The van der Waals surface area contributed by atoms with E-state index in [-0.39, 0.29) is 0 Å². The average Bonchev–Trinajstić information content (AvgIpc) is 2.64. The zero-order valence-corrected chi connectivity index (χ0v) is 14.3. The first kappa shape index (κ1) is 17.5. The zero-order chi connectivity index (χ0) is 17.5. The highest BCUT2D eigenvalue weighted by Crippen LogP contribution is 2.19. The molecule has 0 spiro atoms. The minimum atomic E-state index is -1.40. The summed E-state index contributed by atoms with van der Waals surface area (Å²) in [6.45, 7) is 0. The fourth-order valence-electron chi connectivity index (χ4n) is 3.27. The van der Waals surface area contributed by atoms with Crippen molar-refractivity contribution in [2.24, 2.45) is 5.92 Å². The molecule has 126 valence electrons. The van der Waals surface area contributed by atoms with Gasteiger partial charge in [0.2, 0.25) is 0 Å². The first-order valence-corrected chi connectivity index (χ1v) is 8.73. The monoisotopic (exact) mass is 330 g/mol. The van der Waals surface area contributed by atoms with E-state index in [4.69, 9.17) is 0 Å². The molecule has 3 rings (SSSR count). The Bertz CT molecular complexity index is 714. The predicted octanol–water partition coefficient (Wildman–Crippen LogP) is 3.01. The van der Waals surface area contributed by atoms with Crippen LogP contribution in [-0.4, -0.2) is 17.2 Å². The molecule has 0 aliphatic heterocycles. The van der Waals surface area contributed by atoms with E-state index >= 15 is 0 Å². The van der Waals surface area contributed by atoms with Crippen LogP contribution in [0.15, 0.2) is 84.9 Å². The van der Waals surface area contributed by atoms with E-state index in [1.165, 1.54) is 16.7 Å². The highest BCUT2D eigenvalue weighted by atomic mass is 16.4. The lowest BCUT2D eigenvalue weighted by molar-refractivity contribution is 0.426. The third-order valence-electron chi connectivity index (χ3n) is 4.54. The van der Waals surface area contributed by atoms with Crippen LogP contribution in [-0.2, 0) is 19.3 Å². The molecule has 0 saturated carbocycles. The Morgan fingerprint density at radius 1 is 0.560 bits per heavy atom. The zero-order valence-electron chi connectivity index (χ0n) is 14.3. The lowest BCUT2D eigenvalue weighted by Crippen LogP contribution is -2.29. The second-order valence-corrected chi connectivity index (χ2v) is 6.56. The Labute approximate surface area is 149 Å². The van der Waals surface area contributed by atoms with Crippen molar-refractivity contribution in [3.05, 3.63) is 102 Å². The summed E-state index contributed by atoms with van der Waals surface area (Å²) < 4.78 is 0. The van der Waals surface area contributed by atoms with Crippen LogP contribution in [0.4, 0.5) is 0 Å². The molecule has 0 radical (unpaired) electrons. The maximum atomic E-state index is 9.24. The van der Waals surface area contributed by atoms with Gasteiger partial charge in [-0.1, -0.05) is 84.9 Å². The molecule has 0 amide bonds. The SMILES string of the molecule is OB(O)c1ccc(CC(Cc2ccccc2)Cc2ccccc2)cc1. The van der Waals surface area contributed by atoms with Crippen LogP contribution in [0.2, 0.25) is 0 Å². The van der Waals surface area contributed by atoms with Gasteiger partial charge in [0.25, 0.3) is 0 Å². The van der Waals surface area contributed by atoms with Gasteiger partial charge in [0.15, 0.2) is 0 Å². The third kappa shape index (κ3) is 5.31. The largest absolute Gasteiger partial charge is 0.488 e. The molecule has 0 aliphatic carbocycles. The van der Waals surface area contributed by atoms with Gasteiger partial charge in [-0.25, -0.2) is 0 Å². The molecule has 3 aromatic carbocycles. The molecule has 2 nitrogen and oxygen atoms in total. The van der Waals surface area contributed by atoms with E-state index in [0.29, 0.717) is 11.4 Å². The van der Waals surface area contributed by atoms with Gasteiger partial charge in [0.05, 0.1) is 0 Å². The van der Waals surface area contributed by atoms with Gasteiger partial charge in [-0.05, 0) is 47.3 Å². The summed E-state index contributed by atoms with van der Waals surface area (Å²) >= 11 is 0. The molecule has 0 aromatic heterocycles. The Balaban J connectivity index is 1.75. The van der Waals surface area contributed by atoms with Crippen molar-refractivity contribution >= 4 is 12.6 Å². The van der Waals surface area contributed by atoms with Gasteiger partial charge < -0.3 is 10.0 Å². The Hall–Kier alpha value is -2.36. The Morgan fingerprint density at radius 2 is 0.960 bits per heavy atom. The summed E-state index contributed by atoms with van der Waals surface area (Å²) in [5.74, 6) is 0.495. The Morgan fingerprint density at radius 3 is 1.36 bits per heavy atom. The normalized spacial score (nSPS) is 10.8. The van der Waals surface area contributed by atoms with Crippen molar-refractivity contribution in [3.63, 3.8) is 0 Å². The van der Waals surface area contributed by atoms with E-state index < -0.39 is 7.12 Å². The molecule has 3 aromatic rings. The van der Waals surface area contributed by atoms with Gasteiger partial charge in [0.1, 0.15) is 0 Å². The predicted molar refractivity (Wildman–Crippen MR) is 104 cm³/mol. The van der Waals surface area contributed by atoms with Crippen molar-refractivity contribution in [1.29, 1.82) is 0 Å². The van der Waals surface area contributed by atoms with Gasteiger partial charge >= 0.3 is 7.12 Å². The van der Waals surface area contributed by atoms with E-state index in [1.54, 1.807) is 12.1 Å². The van der Waals surface area contributed by atoms with E-state index in [1.807, 2.05) is 12.1 Å². The molecule has 2 N–H and O–H groups in total. The van der Waals surface area contributed by atoms with Gasteiger partial charge in [-0.3, -0.25) is 0 Å². The van der Waals surface area contributed by atoms with Crippen LogP contribution in [0, 0.1) is 5.92 Å². The first-order chi connectivity index (χ1) is 12.2. The molecule has 0 fully saturated rings. The highest BCUT2D eigenvalue weighted by molar-refractivity contribution is 6.58. The summed E-state index contributed by atoms with van der Waals surface area (Å²) in [5, 5.41) is 18.5. The van der Waals surface area contributed by atoms with Crippen molar-refractivity contribution in [2.75, 3.05) is 0 Å². The topological polar surface area (TPSA) is 40.5 Å². The molecular formula is C22H23BO2. The minimum absolute atomic E-state index is 0.495. The van der Waals surface area contributed by atoms with Crippen molar-refractivity contribution in [2.45, 2.75) is 19.3 Å². The summed E-state index contributed by atoms with van der Waals surface area (Å²) in [6, 6.07) is 28.8. The molecule has 0 aliphatic rings. The standard InChI is InChI=1S/C22H23BO2/c24-23(25)22-13-11-20(12-14-22)17-21(15-18-7-3-1-4-8-18)16-19-9-5-2-6-10-19/h1-14,21,24-25H,15-17H2. The first-order valence-electron chi connectivity index (χ1n) is 8.73. The van der Waals surface area contributed by atoms with Crippen LogP contribution in [0.25, 0.3) is 0 Å². The number of hydrogen-bond acceptors (Lipinski definition) is 2. The van der Waals surface area contributed by atoms with E-state index in [9.17, 15) is 10.0 Å². The van der Waals surface area contributed by atoms with E-state index in [2.05, 4.69) is 60.7 Å². The van der Waals surface area contributed by atoms with Crippen LogP contribution >= 0.6 is 0 Å². The van der Waals surface area contributed by atoms with Crippen molar-refractivity contribution < 1.29 is 10.0 Å². The van der Waals surface area contributed by atoms with Crippen molar-refractivity contribution in [1.82, 2.24) is 0 Å². The molecular weight excluding hydrogens is 307 g/mol. The number of benzene rings is 3. The maximum absolute atomic E-state index is 9.24. The molecule has 25 heavy (non-hydrogen) atoms. The fourth-order valence-corrected chi connectivity index (χ4v) is 3.27. The lowest BCUT2D eigenvalue weighted by Gasteiger charge is -2.18. The summed E-state index contributed by atoms with van der Waals surface area (Å²) in [7, 11) is -1.40. The molecule has 3 heteroatoms. The van der Waals surface area contributed by atoms with Gasteiger partial charge in [-0.15, -0.1) is 0 Å². The van der Waals surface area contributed by atoms with Crippen LogP contribution in [0.1, 0.15) is 16.7 Å². The highest BCUT2D eigenvalue weighted by Gasteiger charge is 2.14. The van der Waals surface area contributed by atoms with Crippen molar-refractivity contribution in [3.8, 4) is 0 Å². The summed E-state index contributed by atoms with van der Waals surface area (Å²) in [6.07, 6.45) is 3.02. The molecule has 0 saturated heterocycles. The Kier molecular flexibility index (Phi) is 6.05. The van der Waals surface area contributed by atoms with E-state index in [0.717, 1.165) is 19.3 Å². The van der Waals surface area contributed by atoms with Crippen LogP contribution in [0.5, 0.6) is 0 Å². The second-order valence-electron chi connectivity index (χ2n) is 6.56. The number of rotatable bonds is 7.